The van der Waals surface area contributed by atoms with E-state index in [1.165, 1.54) is 12.1 Å². The molecule has 1 aromatic heterocycles. The zero-order chi connectivity index (χ0) is 12.2. The number of nitrogens with one attached hydrogen (secondary N) is 1. The molecule has 0 unspecified atom stereocenters. The molecule has 90 valence electrons. The van der Waals surface area contributed by atoms with Gasteiger partial charge in [0.15, 0.2) is 0 Å². The van der Waals surface area contributed by atoms with Crippen LogP contribution in [0, 0.1) is 10.1 Å². The normalized spacial score (nSPS) is 11.6. The van der Waals surface area contributed by atoms with Crippen LogP contribution in [0.1, 0.15) is 6.42 Å². The van der Waals surface area contributed by atoms with Crippen molar-refractivity contribution in [1.82, 2.24) is 4.72 Å². The van der Waals surface area contributed by atoms with Crippen molar-refractivity contribution in [3.8, 4) is 0 Å². The Labute approximate surface area is 96.5 Å². The molecule has 16 heavy (non-hydrogen) atoms. The van der Waals surface area contributed by atoms with Gasteiger partial charge in [-0.25, -0.2) is 13.1 Å². The smallest absolute Gasteiger partial charge is 0.325 e. The van der Waals surface area contributed by atoms with Gasteiger partial charge in [-0.15, -0.1) is 0 Å². The highest BCUT2D eigenvalue weighted by Crippen LogP contribution is 2.27. The maximum Gasteiger partial charge on any atom is 0.325 e. The van der Waals surface area contributed by atoms with Crippen molar-refractivity contribution >= 4 is 26.4 Å². The van der Waals surface area contributed by atoms with Crippen LogP contribution in [0.4, 0.5) is 5.00 Å². The summed E-state index contributed by atoms with van der Waals surface area (Å²) in [5.74, 6) is 0. The number of thiophene rings is 1. The number of nitro groups is 1. The van der Waals surface area contributed by atoms with Crippen molar-refractivity contribution < 1.29 is 13.3 Å². The highest BCUT2D eigenvalue weighted by atomic mass is 32.2. The van der Waals surface area contributed by atoms with Crippen LogP contribution in [-0.4, -0.2) is 26.4 Å². The van der Waals surface area contributed by atoms with Gasteiger partial charge in [0.1, 0.15) is 4.21 Å². The van der Waals surface area contributed by atoms with Crippen LogP contribution in [0.5, 0.6) is 0 Å². The molecule has 1 rings (SSSR count). The highest BCUT2D eigenvalue weighted by molar-refractivity contribution is 7.91. The summed E-state index contributed by atoms with van der Waals surface area (Å²) in [4.78, 5) is 9.76. The third-order valence-corrected chi connectivity index (χ3v) is 4.67. The fraction of sp³-hybridized carbons (Fsp3) is 0.429. The molecule has 0 saturated carbocycles. The Kier molecular flexibility index (Phi) is 4.35. The van der Waals surface area contributed by atoms with E-state index in [4.69, 9.17) is 5.73 Å². The second kappa shape index (κ2) is 5.34. The van der Waals surface area contributed by atoms with Gasteiger partial charge in [0.25, 0.3) is 0 Å². The SMILES string of the molecule is NCCCNS(=O)(=O)c1ccc([N+](=O)[O-])s1. The van der Waals surface area contributed by atoms with Crippen LogP contribution in [0.25, 0.3) is 0 Å². The van der Waals surface area contributed by atoms with E-state index in [9.17, 15) is 18.5 Å². The largest absolute Gasteiger partial charge is 0.330 e. The monoisotopic (exact) mass is 265 g/mol. The summed E-state index contributed by atoms with van der Waals surface area (Å²) in [5, 5.41) is 10.2. The van der Waals surface area contributed by atoms with Crippen LogP contribution in [0.3, 0.4) is 0 Å². The molecule has 9 heteroatoms. The molecule has 0 radical (unpaired) electrons. The molecule has 0 fully saturated rings. The summed E-state index contributed by atoms with van der Waals surface area (Å²) < 4.78 is 25.4. The molecular formula is C7H11N3O4S2. The number of nitrogens with two attached hydrogens (primary N) is 1. The third-order valence-electron chi connectivity index (χ3n) is 1.68. The Morgan fingerprint density at radius 3 is 2.69 bits per heavy atom. The Hall–Kier alpha value is -1.03. The van der Waals surface area contributed by atoms with Gasteiger partial charge in [-0.05, 0) is 30.4 Å². The lowest BCUT2D eigenvalue weighted by molar-refractivity contribution is -0.380. The molecular weight excluding hydrogens is 254 g/mol. The van der Waals surface area contributed by atoms with Gasteiger partial charge in [0.05, 0.1) is 4.92 Å². The van der Waals surface area contributed by atoms with Crippen molar-refractivity contribution in [2.45, 2.75) is 10.6 Å². The number of rotatable bonds is 6. The first-order valence-electron chi connectivity index (χ1n) is 4.41. The lowest BCUT2D eigenvalue weighted by Gasteiger charge is -2.02. The van der Waals surface area contributed by atoms with Gasteiger partial charge < -0.3 is 5.73 Å². The van der Waals surface area contributed by atoms with E-state index in [1.807, 2.05) is 0 Å². The predicted octanol–water partition coefficient (Wildman–Crippen LogP) is 0.283. The highest BCUT2D eigenvalue weighted by Gasteiger charge is 2.19. The van der Waals surface area contributed by atoms with Gasteiger partial charge in [0.2, 0.25) is 10.0 Å². The summed E-state index contributed by atoms with van der Waals surface area (Å²) in [6.07, 6.45) is 0.521. The molecule has 1 heterocycles. The van der Waals surface area contributed by atoms with Crippen LogP contribution in [0.2, 0.25) is 0 Å². The quantitative estimate of drug-likeness (QED) is 0.435. The minimum Gasteiger partial charge on any atom is -0.330 e. The second-order valence-corrected chi connectivity index (χ2v) is 5.95. The van der Waals surface area contributed by atoms with Crippen molar-refractivity contribution in [3.05, 3.63) is 22.2 Å². The molecule has 0 aliphatic heterocycles. The fourth-order valence-corrected chi connectivity index (χ4v) is 3.16. The molecule has 0 bridgehead atoms. The molecule has 3 N–H and O–H groups in total. The van der Waals surface area contributed by atoms with Crippen LogP contribution >= 0.6 is 11.3 Å². The summed E-state index contributed by atoms with van der Waals surface area (Å²) in [6, 6.07) is 2.38. The molecule has 7 nitrogen and oxygen atoms in total. The number of hydrogen-bond acceptors (Lipinski definition) is 6. The summed E-state index contributed by atoms with van der Waals surface area (Å²) in [6.45, 7) is 0.609. The first-order valence-corrected chi connectivity index (χ1v) is 6.71. The van der Waals surface area contributed by atoms with E-state index >= 15 is 0 Å². The lowest BCUT2D eigenvalue weighted by atomic mass is 10.4. The van der Waals surface area contributed by atoms with Gasteiger partial charge in [-0.3, -0.25) is 10.1 Å². The molecule has 0 aliphatic carbocycles. The molecule has 0 amide bonds. The maximum atomic E-state index is 11.6. The molecule has 0 aliphatic rings. The van der Waals surface area contributed by atoms with Gasteiger partial charge in [0, 0.05) is 12.6 Å². The first kappa shape index (κ1) is 13.0. The van der Waals surface area contributed by atoms with E-state index < -0.39 is 14.9 Å². The van der Waals surface area contributed by atoms with E-state index in [0.717, 1.165) is 0 Å². The molecule has 0 atom stereocenters. The first-order chi connectivity index (χ1) is 7.47. The van der Waals surface area contributed by atoms with E-state index in [1.54, 1.807) is 0 Å². The Morgan fingerprint density at radius 2 is 2.19 bits per heavy atom. The van der Waals surface area contributed by atoms with Crippen LogP contribution < -0.4 is 10.5 Å². The van der Waals surface area contributed by atoms with Crippen molar-refractivity contribution in [1.29, 1.82) is 0 Å². The summed E-state index contributed by atoms with van der Waals surface area (Å²) in [7, 11) is -3.64. The van der Waals surface area contributed by atoms with Crippen molar-refractivity contribution in [2.75, 3.05) is 13.1 Å². The summed E-state index contributed by atoms with van der Waals surface area (Å²) >= 11 is 0.625. The molecule has 0 aromatic carbocycles. The Morgan fingerprint density at radius 1 is 1.50 bits per heavy atom. The minimum atomic E-state index is -3.64. The molecule has 0 spiro atoms. The molecule has 1 aromatic rings. The van der Waals surface area contributed by atoms with Crippen LogP contribution in [0.15, 0.2) is 16.3 Å². The predicted molar refractivity (Wildman–Crippen MR) is 59.8 cm³/mol. The van der Waals surface area contributed by atoms with E-state index in [-0.39, 0.29) is 15.8 Å². The standard InChI is InChI=1S/C7H11N3O4S2/c8-4-1-5-9-16(13,14)7-3-2-6(15-7)10(11)12/h2-3,9H,1,4-5,8H2. The van der Waals surface area contributed by atoms with Gasteiger partial charge >= 0.3 is 5.00 Å². The number of hydrogen-bond donors (Lipinski definition) is 2. The lowest BCUT2D eigenvalue weighted by Crippen LogP contribution is -2.25. The molecule has 0 saturated heterocycles. The number of nitrogens with zero attached hydrogens (tertiary/aromatic N) is 1. The van der Waals surface area contributed by atoms with Crippen molar-refractivity contribution in [3.63, 3.8) is 0 Å². The van der Waals surface area contributed by atoms with Crippen LogP contribution in [-0.2, 0) is 10.0 Å². The zero-order valence-electron chi connectivity index (χ0n) is 8.25. The topological polar surface area (TPSA) is 115 Å². The average Bonchev–Trinajstić information content (AvgIpc) is 2.67. The third kappa shape index (κ3) is 3.23. The van der Waals surface area contributed by atoms with Gasteiger partial charge in [-0.2, -0.15) is 0 Å². The van der Waals surface area contributed by atoms with E-state index in [2.05, 4.69) is 4.72 Å². The summed E-state index contributed by atoms with van der Waals surface area (Å²) in [5.41, 5.74) is 5.22. The number of sulfonamides is 1. The van der Waals surface area contributed by atoms with E-state index in [0.29, 0.717) is 24.3 Å². The average molecular weight is 265 g/mol. The Bertz CT molecular complexity index is 468. The van der Waals surface area contributed by atoms with Crippen molar-refractivity contribution in [2.24, 2.45) is 5.73 Å². The van der Waals surface area contributed by atoms with Gasteiger partial charge in [-0.1, -0.05) is 0 Å². The Balaban J connectivity index is 2.78. The fourth-order valence-electron chi connectivity index (χ4n) is 0.933. The maximum absolute atomic E-state index is 11.6. The minimum absolute atomic E-state index is 0.0591. The zero-order valence-corrected chi connectivity index (χ0v) is 9.88. The second-order valence-electron chi connectivity index (χ2n) is 2.89.